The molecular formula is C6H12N2O4S3. The summed E-state index contributed by atoms with van der Waals surface area (Å²) in [6, 6.07) is 0. The maximum absolute atomic E-state index is 12.0. The predicted molar refractivity (Wildman–Crippen MR) is 59.2 cm³/mol. The summed E-state index contributed by atoms with van der Waals surface area (Å²) in [7, 11) is -3.35. The van der Waals surface area contributed by atoms with Crippen molar-refractivity contribution >= 4 is 34.1 Å². The molecule has 0 aromatic heterocycles. The lowest BCUT2D eigenvalue weighted by molar-refractivity contribution is 0.156. The Morgan fingerprint density at radius 3 is 1.73 bits per heavy atom. The van der Waals surface area contributed by atoms with Crippen molar-refractivity contribution in [1.82, 2.24) is 7.42 Å². The molecule has 2 fully saturated rings. The second-order valence-corrected chi connectivity index (χ2v) is 6.98. The van der Waals surface area contributed by atoms with Crippen LogP contribution in [0.3, 0.4) is 0 Å². The van der Waals surface area contributed by atoms with E-state index >= 15 is 0 Å². The Morgan fingerprint density at radius 2 is 1.40 bits per heavy atom. The summed E-state index contributed by atoms with van der Waals surface area (Å²) in [4.78, 5) is 0. The van der Waals surface area contributed by atoms with E-state index in [4.69, 9.17) is 9.47 Å². The highest BCUT2D eigenvalue weighted by Crippen LogP contribution is 2.28. The first kappa shape index (κ1) is 12.0. The fraction of sp³-hybridized carbons (Fsp3) is 1.00. The van der Waals surface area contributed by atoms with Crippen molar-refractivity contribution in [3.63, 3.8) is 0 Å². The van der Waals surface area contributed by atoms with Gasteiger partial charge in [0, 0.05) is 13.1 Å². The smallest absolute Gasteiger partial charge is 0.300 e. The maximum atomic E-state index is 12.0. The van der Waals surface area contributed by atoms with Gasteiger partial charge in [-0.15, -0.1) is 7.42 Å². The maximum Gasteiger partial charge on any atom is 0.300 e. The Bertz CT molecular complexity index is 273. The van der Waals surface area contributed by atoms with Crippen LogP contribution in [0.2, 0.25) is 0 Å². The minimum atomic E-state index is -3.35. The molecule has 9 heteroatoms. The van der Waals surface area contributed by atoms with Crippen LogP contribution in [-0.4, -0.2) is 54.0 Å². The van der Waals surface area contributed by atoms with Gasteiger partial charge in [0.05, 0.1) is 13.2 Å². The molecule has 2 aliphatic heterocycles. The number of hydrogen-bond acceptors (Lipinski definition) is 6. The van der Waals surface area contributed by atoms with E-state index in [9.17, 15) is 8.42 Å². The molecule has 2 saturated heterocycles. The highest BCUT2D eigenvalue weighted by molar-refractivity contribution is 8.13. The van der Waals surface area contributed by atoms with Crippen molar-refractivity contribution in [3.05, 3.63) is 0 Å². The van der Waals surface area contributed by atoms with Crippen molar-refractivity contribution in [2.75, 3.05) is 38.2 Å². The molecule has 0 spiro atoms. The lowest BCUT2D eigenvalue weighted by Gasteiger charge is -2.31. The average molecular weight is 272 g/mol. The summed E-state index contributed by atoms with van der Waals surface area (Å²) in [6.45, 7) is 1.73. The third-order valence-electron chi connectivity index (χ3n) is 1.91. The first-order valence-electron chi connectivity index (χ1n) is 4.43. The first-order chi connectivity index (χ1) is 7.21. The molecule has 0 amide bonds. The molecule has 0 saturated carbocycles. The highest BCUT2D eigenvalue weighted by atomic mass is 32.3. The molecule has 0 aromatic carbocycles. The predicted octanol–water partition coefficient (Wildman–Crippen LogP) is 0.107. The van der Waals surface area contributed by atoms with Gasteiger partial charge in [0.1, 0.15) is 11.9 Å². The molecule has 2 aliphatic rings. The van der Waals surface area contributed by atoms with E-state index in [1.54, 1.807) is 0 Å². The Labute approximate surface area is 97.7 Å². The molecule has 88 valence electrons. The molecule has 0 aromatic rings. The van der Waals surface area contributed by atoms with Crippen molar-refractivity contribution in [2.24, 2.45) is 0 Å². The van der Waals surface area contributed by atoms with Gasteiger partial charge >= 0.3 is 10.2 Å². The van der Waals surface area contributed by atoms with Crippen LogP contribution in [-0.2, 0) is 19.7 Å². The van der Waals surface area contributed by atoms with Crippen LogP contribution in [0, 0.1) is 0 Å². The largest absolute Gasteiger partial charge is 0.368 e. The van der Waals surface area contributed by atoms with Gasteiger partial charge in [0.15, 0.2) is 0 Å². The van der Waals surface area contributed by atoms with E-state index < -0.39 is 10.2 Å². The van der Waals surface area contributed by atoms with E-state index in [0.29, 0.717) is 38.2 Å². The molecule has 0 N–H and O–H groups in total. The van der Waals surface area contributed by atoms with Gasteiger partial charge in [0.25, 0.3) is 0 Å². The van der Waals surface area contributed by atoms with Crippen LogP contribution in [0.1, 0.15) is 0 Å². The highest BCUT2D eigenvalue weighted by Gasteiger charge is 2.33. The minimum absolute atomic E-state index is 0.397. The lowest BCUT2D eigenvalue weighted by atomic mass is 10.7. The summed E-state index contributed by atoms with van der Waals surface area (Å²) in [5.41, 5.74) is 0. The molecular weight excluding hydrogens is 260 g/mol. The molecule has 0 atom stereocenters. The van der Waals surface area contributed by atoms with Gasteiger partial charge in [-0.25, -0.2) is 0 Å². The fourth-order valence-corrected chi connectivity index (χ4v) is 4.96. The van der Waals surface area contributed by atoms with E-state index in [0.717, 1.165) is 0 Å². The van der Waals surface area contributed by atoms with Gasteiger partial charge in [-0.3, -0.25) is 0 Å². The molecule has 0 aliphatic carbocycles. The second kappa shape index (κ2) is 5.21. The van der Waals surface area contributed by atoms with Crippen molar-refractivity contribution in [1.29, 1.82) is 0 Å². The number of ether oxygens (including phenoxy) is 2. The monoisotopic (exact) mass is 272 g/mol. The molecule has 6 nitrogen and oxygen atoms in total. The topological polar surface area (TPSA) is 59.1 Å². The van der Waals surface area contributed by atoms with Gasteiger partial charge in [-0.05, 0) is 23.9 Å². The van der Waals surface area contributed by atoms with Crippen LogP contribution in [0.4, 0.5) is 0 Å². The van der Waals surface area contributed by atoms with E-state index in [1.807, 2.05) is 0 Å². The van der Waals surface area contributed by atoms with Gasteiger partial charge in [-0.2, -0.15) is 8.42 Å². The van der Waals surface area contributed by atoms with Crippen LogP contribution in [0.15, 0.2) is 0 Å². The molecule has 0 bridgehead atoms. The van der Waals surface area contributed by atoms with Gasteiger partial charge in [0.2, 0.25) is 0 Å². The quantitative estimate of drug-likeness (QED) is 0.665. The average Bonchev–Trinajstić information content (AvgIpc) is 2.31. The normalized spacial score (nSPS) is 26.7. The number of hydrogen-bond donors (Lipinski definition) is 0. The Morgan fingerprint density at radius 1 is 0.933 bits per heavy atom. The standard InChI is InChI=1S/C6H12N2O4S3/c9-15(10,7-1-3-11-5-13-7)8-2-4-12-6-14-8/h1-6H2. The van der Waals surface area contributed by atoms with Crippen LogP contribution in [0.25, 0.3) is 0 Å². The van der Waals surface area contributed by atoms with E-state index in [2.05, 4.69) is 0 Å². The van der Waals surface area contributed by atoms with Gasteiger partial charge in [-0.1, -0.05) is 0 Å². The van der Waals surface area contributed by atoms with Gasteiger partial charge < -0.3 is 9.47 Å². The zero-order valence-electron chi connectivity index (χ0n) is 7.99. The van der Waals surface area contributed by atoms with Crippen LogP contribution < -0.4 is 0 Å². The summed E-state index contributed by atoms with van der Waals surface area (Å²) in [5, 5.41) is 0. The SMILES string of the molecule is O=S(=O)(N1CCOCS1)N1CCOCS1. The fourth-order valence-electron chi connectivity index (χ4n) is 1.18. The number of rotatable bonds is 2. The van der Waals surface area contributed by atoms with E-state index in [-0.39, 0.29) is 0 Å². The summed E-state index contributed by atoms with van der Waals surface area (Å²) >= 11 is 2.38. The Hall–Kier alpha value is 0.490. The molecule has 0 unspecified atom stereocenters. The summed E-state index contributed by atoms with van der Waals surface area (Å²) in [5.74, 6) is 0.794. The van der Waals surface area contributed by atoms with Crippen LogP contribution in [0.5, 0.6) is 0 Å². The Kier molecular flexibility index (Phi) is 4.16. The first-order valence-corrected chi connectivity index (χ1v) is 7.71. The molecule has 15 heavy (non-hydrogen) atoms. The van der Waals surface area contributed by atoms with Crippen molar-refractivity contribution in [3.8, 4) is 0 Å². The van der Waals surface area contributed by atoms with Crippen molar-refractivity contribution in [2.45, 2.75) is 0 Å². The molecule has 2 rings (SSSR count). The molecule has 2 heterocycles. The minimum Gasteiger partial charge on any atom is -0.368 e. The van der Waals surface area contributed by atoms with E-state index in [1.165, 1.54) is 31.3 Å². The van der Waals surface area contributed by atoms with Crippen molar-refractivity contribution < 1.29 is 17.9 Å². The lowest BCUT2D eigenvalue weighted by Crippen LogP contribution is -2.43. The second-order valence-electron chi connectivity index (χ2n) is 2.87. The summed E-state index contributed by atoms with van der Waals surface area (Å²) in [6.07, 6.45) is 0. The zero-order valence-corrected chi connectivity index (χ0v) is 10.4. The third-order valence-corrected chi connectivity index (χ3v) is 6.55. The molecule has 0 radical (unpaired) electrons. The Balaban J connectivity index is 2.03. The zero-order chi connectivity index (χ0) is 10.7. The summed E-state index contributed by atoms with van der Waals surface area (Å²) < 4.78 is 37.0. The third kappa shape index (κ3) is 2.78. The van der Waals surface area contributed by atoms with Crippen LogP contribution >= 0.6 is 23.9 Å². The number of nitrogens with zero attached hydrogens (tertiary/aromatic N) is 2.